The maximum atomic E-state index is 6.26. The third kappa shape index (κ3) is 1.93. The summed E-state index contributed by atoms with van der Waals surface area (Å²) in [6.07, 6.45) is 2.41. The summed E-state index contributed by atoms with van der Waals surface area (Å²) in [5.41, 5.74) is 7.82. The Morgan fingerprint density at radius 2 is 2.17 bits per heavy atom. The van der Waals surface area contributed by atoms with Gasteiger partial charge in [-0.25, -0.2) is 4.98 Å². The number of nitrogens with two attached hydrogens (primary N) is 1. The highest BCUT2D eigenvalue weighted by Gasteiger charge is 2.30. The molecule has 0 unspecified atom stereocenters. The molecule has 0 atom stereocenters. The molecule has 1 aromatic heterocycles. The van der Waals surface area contributed by atoms with Crippen LogP contribution in [0.3, 0.4) is 0 Å². The lowest BCUT2D eigenvalue weighted by Gasteiger charge is -2.03. The van der Waals surface area contributed by atoms with Gasteiger partial charge in [0.15, 0.2) is 0 Å². The van der Waals surface area contributed by atoms with Crippen molar-refractivity contribution in [2.45, 2.75) is 18.8 Å². The van der Waals surface area contributed by atoms with Crippen LogP contribution in [0.5, 0.6) is 0 Å². The van der Waals surface area contributed by atoms with Crippen LogP contribution in [0.1, 0.15) is 24.6 Å². The Bertz CT molecular complexity index is 617. The second-order valence-electron chi connectivity index (χ2n) is 4.66. The summed E-state index contributed by atoms with van der Waals surface area (Å²) >= 11 is 9.66. The van der Waals surface area contributed by atoms with E-state index >= 15 is 0 Å². The molecule has 0 saturated heterocycles. The maximum Gasteiger partial charge on any atom is 0.131 e. The fourth-order valence-corrected chi connectivity index (χ4v) is 2.88. The molecule has 0 aliphatic heterocycles. The summed E-state index contributed by atoms with van der Waals surface area (Å²) in [5.74, 6) is 2.32. The Hall–Kier alpha value is -1.00. The summed E-state index contributed by atoms with van der Waals surface area (Å²) in [4.78, 5) is 4.67. The fourth-order valence-electron chi connectivity index (χ4n) is 2.12. The molecule has 1 aliphatic rings. The van der Waals surface area contributed by atoms with Crippen molar-refractivity contribution in [3.8, 4) is 11.3 Å². The molecule has 0 radical (unpaired) electrons. The highest BCUT2D eigenvalue weighted by molar-refractivity contribution is 9.10. The molecule has 1 aromatic carbocycles. The van der Waals surface area contributed by atoms with Crippen LogP contribution in [-0.2, 0) is 7.05 Å². The molecular weight excluding hydrogens is 314 g/mol. The van der Waals surface area contributed by atoms with Crippen molar-refractivity contribution in [1.29, 1.82) is 0 Å². The van der Waals surface area contributed by atoms with Crippen molar-refractivity contribution in [2.24, 2.45) is 7.05 Å². The Labute approximate surface area is 119 Å². The molecule has 1 fully saturated rings. The SMILES string of the molecule is Cn1c(C2CC2)nc(-c2ccc(Br)cc2Cl)c1N. The van der Waals surface area contributed by atoms with Gasteiger partial charge in [0.05, 0.1) is 5.02 Å². The maximum absolute atomic E-state index is 6.26. The molecule has 0 bridgehead atoms. The molecule has 5 heteroatoms. The van der Waals surface area contributed by atoms with Gasteiger partial charge in [-0.1, -0.05) is 33.6 Å². The van der Waals surface area contributed by atoms with Gasteiger partial charge in [0.1, 0.15) is 17.3 Å². The lowest BCUT2D eigenvalue weighted by molar-refractivity contribution is 0.807. The van der Waals surface area contributed by atoms with Crippen LogP contribution in [0.15, 0.2) is 22.7 Å². The summed E-state index contributed by atoms with van der Waals surface area (Å²) in [6, 6.07) is 5.76. The lowest BCUT2D eigenvalue weighted by Crippen LogP contribution is -2.00. The van der Waals surface area contributed by atoms with Gasteiger partial charge < -0.3 is 10.3 Å². The molecule has 3 nitrogen and oxygen atoms in total. The number of anilines is 1. The van der Waals surface area contributed by atoms with Gasteiger partial charge in [-0.05, 0) is 25.0 Å². The average Bonchev–Trinajstić information content (AvgIpc) is 3.11. The smallest absolute Gasteiger partial charge is 0.131 e. The predicted molar refractivity (Wildman–Crippen MR) is 77.7 cm³/mol. The van der Waals surface area contributed by atoms with Crippen molar-refractivity contribution in [1.82, 2.24) is 9.55 Å². The zero-order valence-corrected chi connectivity index (χ0v) is 12.3. The van der Waals surface area contributed by atoms with E-state index in [0.717, 1.165) is 21.6 Å². The van der Waals surface area contributed by atoms with Gasteiger partial charge in [-0.3, -0.25) is 0 Å². The quantitative estimate of drug-likeness (QED) is 0.907. The number of imidazole rings is 1. The van der Waals surface area contributed by atoms with Crippen LogP contribution < -0.4 is 5.73 Å². The van der Waals surface area contributed by atoms with Gasteiger partial charge in [-0.2, -0.15) is 0 Å². The van der Waals surface area contributed by atoms with Crippen LogP contribution in [0, 0.1) is 0 Å². The summed E-state index contributed by atoms with van der Waals surface area (Å²) < 4.78 is 2.93. The van der Waals surface area contributed by atoms with Crippen LogP contribution in [0.25, 0.3) is 11.3 Å². The highest BCUT2D eigenvalue weighted by atomic mass is 79.9. The largest absolute Gasteiger partial charge is 0.383 e. The minimum atomic E-state index is 0.570. The summed E-state index contributed by atoms with van der Waals surface area (Å²) in [7, 11) is 1.96. The van der Waals surface area contributed by atoms with E-state index in [1.165, 1.54) is 12.8 Å². The normalized spacial score (nSPS) is 15.1. The predicted octanol–water partition coefficient (Wildman–Crippen LogP) is 3.96. The van der Waals surface area contributed by atoms with Crippen molar-refractivity contribution in [2.75, 3.05) is 5.73 Å². The first-order valence-corrected chi connectivity index (χ1v) is 7.02. The number of nitrogens with zero attached hydrogens (tertiary/aromatic N) is 2. The van der Waals surface area contributed by atoms with E-state index < -0.39 is 0 Å². The average molecular weight is 327 g/mol. The van der Waals surface area contributed by atoms with Gasteiger partial charge in [0, 0.05) is 23.0 Å². The van der Waals surface area contributed by atoms with E-state index in [2.05, 4.69) is 20.9 Å². The van der Waals surface area contributed by atoms with Crippen LogP contribution in [0.4, 0.5) is 5.82 Å². The third-order valence-electron chi connectivity index (χ3n) is 3.30. The third-order valence-corrected chi connectivity index (χ3v) is 4.11. The zero-order valence-electron chi connectivity index (χ0n) is 9.95. The molecule has 3 rings (SSSR count). The Balaban J connectivity index is 2.13. The Kier molecular flexibility index (Phi) is 2.87. The molecule has 0 spiro atoms. The fraction of sp³-hybridized carbons (Fsp3) is 0.308. The molecule has 18 heavy (non-hydrogen) atoms. The molecule has 1 aliphatic carbocycles. The minimum absolute atomic E-state index is 0.570. The number of halogens is 2. The second kappa shape index (κ2) is 4.28. The molecule has 1 saturated carbocycles. The minimum Gasteiger partial charge on any atom is -0.383 e. The van der Waals surface area contributed by atoms with E-state index in [9.17, 15) is 0 Å². The van der Waals surface area contributed by atoms with E-state index in [1.54, 1.807) is 0 Å². The Morgan fingerprint density at radius 1 is 1.44 bits per heavy atom. The molecular formula is C13H13BrClN3. The monoisotopic (exact) mass is 325 g/mol. The molecule has 94 valence electrons. The standard InChI is InChI=1S/C13H13BrClN3/c1-18-12(16)11(17-13(18)7-2-3-7)9-5-4-8(14)6-10(9)15/h4-7H,2-3,16H2,1H3. The Morgan fingerprint density at radius 3 is 2.78 bits per heavy atom. The number of aromatic nitrogens is 2. The zero-order chi connectivity index (χ0) is 12.9. The summed E-state index contributed by atoms with van der Waals surface area (Å²) in [5, 5.41) is 0.663. The first-order chi connectivity index (χ1) is 8.58. The van der Waals surface area contributed by atoms with Crippen molar-refractivity contribution in [3.63, 3.8) is 0 Å². The topological polar surface area (TPSA) is 43.8 Å². The van der Waals surface area contributed by atoms with Gasteiger partial charge >= 0.3 is 0 Å². The lowest BCUT2D eigenvalue weighted by atomic mass is 10.1. The van der Waals surface area contributed by atoms with Gasteiger partial charge in [0.25, 0.3) is 0 Å². The van der Waals surface area contributed by atoms with Crippen molar-refractivity contribution < 1.29 is 0 Å². The van der Waals surface area contributed by atoms with Gasteiger partial charge in [-0.15, -0.1) is 0 Å². The first-order valence-electron chi connectivity index (χ1n) is 5.85. The first kappa shape index (κ1) is 12.1. The molecule has 0 amide bonds. The van der Waals surface area contributed by atoms with Gasteiger partial charge in [0.2, 0.25) is 0 Å². The number of hydrogen-bond donors (Lipinski definition) is 1. The number of rotatable bonds is 2. The van der Waals surface area contributed by atoms with Crippen molar-refractivity contribution >= 4 is 33.3 Å². The number of hydrogen-bond acceptors (Lipinski definition) is 2. The van der Waals surface area contributed by atoms with Crippen LogP contribution >= 0.6 is 27.5 Å². The van der Waals surface area contributed by atoms with E-state index in [1.807, 2.05) is 29.8 Å². The number of benzene rings is 1. The van der Waals surface area contributed by atoms with Crippen LogP contribution in [0.2, 0.25) is 5.02 Å². The molecule has 2 aromatic rings. The van der Waals surface area contributed by atoms with E-state index in [4.69, 9.17) is 17.3 Å². The van der Waals surface area contributed by atoms with E-state index in [-0.39, 0.29) is 0 Å². The van der Waals surface area contributed by atoms with Crippen molar-refractivity contribution in [3.05, 3.63) is 33.5 Å². The molecule has 1 heterocycles. The van der Waals surface area contributed by atoms with E-state index in [0.29, 0.717) is 16.8 Å². The second-order valence-corrected chi connectivity index (χ2v) is 5.98. The summed E-state index contributed by atoms with van der Waals surface area (Å²) in [6.45, 7) is 0. The molecule has 2 N–H and O–H groups in total. The van der Waals surface area contributed by atoms with Crippen LogP contribution in [-0.4, -0.2) is 9.55 Å². The highest BCUT2D eigenvalue weighted by Crippen LogP contribution is 2.42. The number of nitrogen functional groups attached to an aromatic ring is 1.